The van der Waals surface area contributed by atoms with E-state index in [1.165, 1.54) is 16.7 Å². The van der Waals surface area contributed by atoms with Crippen LogP contribution in [0, 0.1) is 0 Å². The summed E-state index contributed by atoms with van der Waals surface area (Å²) in [5.41, 5.74) is 0.879. The van der Waals surface area contributed by atoms with Crippen LogP contribution in [0.2, 0.25) is 0 Å². The summed E-state index contributed by atoms with van der Waals surface area (Å²) in [6.45, 7) is 0.347. The molecule has 1 saturated heterocycles. The molecule has 1 atom stereocenters. The Hall–Kier alpha value is -1.70. The largest absolute Gasteiger partial charge is 0.480 e. The number of urea groups is 1. The Balaban J connectivity index is 1.89. The summed E-state index contributed by atoms with van der Waals surface area (Å²) in [4.78, 5) is 24.1. The number of rotatable bonds is 3. The third-order valence-corrected chi connectivity index (χ3v) is 3.64. The summed E-state index contributed by atoms with van der Waals surface area (Å²) in [6.07, 6.45) is 3.46. The van der Waals surface area contributed by atoms with Gasteiger partial charge in [0.2, 0.25) is 0 Å². The Morgan fingerprint density at radius 3 is 3.06 bits per heavy atom. The fourth-order valence-corrected chi connectivity index (χ4v) is 2.83. The van der Waals surface area contributed by atoms with E-state index in [-0.39, 0.29) is 6.03 Å². The number of aromatic nitrogens is 2. The van der Waals surface area contributed by atoms with Crippen LogP contribution in [0.15, 0.2) is 12.4 Å². The van der Waals surface area contributed by atoms with Gasteiger partial charge in [0.15, 0.2) is 0 Å². The molecule has 1 aromatic heterocycles. The SMILES string of the molecule is Cn1cc(CNC(=O)N2CSC[C@@H]2C(=O)O)cn1. The highest BCUT2D eigenvalue weighted by molar-refractivity contribution is 7.99. The number of nitrogens with zero attached hydrogens (tertiary/aromatic N) is 3. The lowest BCUT2D eigenvalue weighted by molar-refractivity contribution is -0.140. The van der Waals surface area contributed by atoms with Crippen LogP contribution in [0.25, 0.3) is 0 Å². The molecule has 1 aromatic rings. The van der Waals surface area contributed by atoms with Crippen molar-refractivity contribution in [1.29, 1.82) is 0 Å². The Kier molecular flexibility index (Phi) is 3.75. The molecule has 0 radical (unpaired) electrons. The molecule has 0 bridgehead atoms. The van der Waals surface area contributed by atoms with Gasteiger partial charge in [0.05, 0.1) is 12.1 Å². The van der Waals surface area contributed by atoms with E-state index in [0.29, 0.717) is 18.2 Å². The Labute approximate surface area is 108 Å². The number of carboxylic acid groups (broad SMARTS) is 1. The molecule has 1 aliphatic rings. The van der Waals surface area contributed by atoms with Gasteiger partial charge in [0.1, 0.15) is 6.04 Å². The lowest BCUT2D eigenvalue weighted by atomic mass is 10.3. The fourth-order valence-electron chi connectivity index (χ4n) is 1.69. The number of aryl methyl sites for hydroxylation is 1. The highest BCUT2D eigenvalue weighted by atomic mass is 32.2. The zero-order valence-corrected chi connectivity index (χ0v) is 10.7. The highest BCUT2D eigenvalue weighted by Gasteiger charge is 2.34. The van der Waals surface area contributed by atoms with Gasteiger partial charge in [-0.25, -0.2) is 9.59 Å². The minimum atomic E-state index is -0.962. The average molecular weight is 270 g/mol. The molecule has 0 spiro atoms. The van der Waals surface area contributed by atoms with Gasteiger partial charge in [-0.1, -0.05) is 0 Å². The number of carbonyl (C=O) groups is 2. The molecular weight excluding hydrogens is 256 g/mol. The van der Waals surface area contributed by atoms with Crippen molar-refractivity contribution in [3.05, 3.63) is 18.0 Å². The van der Waals surface area contributed by atoms with Gasteiger partial charge in [0, 0.05) is 31.1 Å². The maximum absolute atomic E-state index is 11.9. The number of hydrogen-bond donors (Lipinski definition) is 2. The first-order chi connectivity index (χ1) is 8.58. The third-order valence-electron chi connectivity index (χ3n) is 2.63. The second-order valence-electron chi connectivity index (χ2n) is 4.00. The molecule has 2 amide bonds. The summed E-state index contributed by atoms with van der Waals surface area (Å²) in [7, 11) is 1.79. The molecule has 1 fully saturated rings. The van der Waals surface area contributed by atoms with Crippen LogP contribution in [0.1, 0.15) is 5.56 Å². The second-order valence-corrected chi connectivity index (χ2v) is 5.00. The predicted molar refractivity (Wildman–Crippen MR) is 66.0 cm³/mol. The Bertz CT molecular complexity index is 462. The molecule has 2 N–H and O–H groups in total. The summed E-state index contributed by atoms with van der Waals surface area (Å²) in [6, 6.07) is -1.08. The van der Waals surface area contributed by atoms with Crippen LogP contribution in [0.4, 0.5) is 4.79 Å². The van der Waals surface area contributed by atoms with Crippen molar-refractivity contribution in [2.75, 3.05) is 11.6 Å². The van der Waals surface area contributed by atoms with Gasteiger partial charge in [0.25, 0.3) is 0 Å². The summed E-state index contributed by atoms with van der Waals surface area (Å²) in [5, 5.41) is 15.7. The van der Waals surface area contributed by atoms with Crippen LogP contribution in [0.5, 0.6) is 0 Å². The van der Waals surface area contributed by atoms with Gasteiger partial charge in [-0.05, 0) is 0 Å². The lowest BCUT2D eigenvalue weighted by Crippen LogP contribution is -2.46. The number of carboxylic acids is 1. The van der Waals surface area contributed by atoms with Crippen molar-refractivity contribution < 1.29 is 14.7 Å². The zero-order valence-electron chi connectivity index (χ0n) is 9.87. The molecule has 98 valence electrons. The van der Waals surface area contributed by atoms with Gasteiger partial charge >= 0.3 is 12.0 Å². The van der Waals surface area contributed by atoms with Crippen molar-refractivity contribution in [3.63, 3.8) is 0 Å². The van der Waals surface area contributed by atoms with Gasteiger partial charge in [-0.2, -0.15) is 5.10 Å². The van der Waals surface area contributed by atoms with Gasteiger partial charge < -0.3 is 15.3 Å². The molecule has 0 saturated carbocycles. The topological polar surface area (TPSA) is 87.5 Å². The van der Waals surface area contributed by atoms with Gasteiger partial charge in [-0.15, -0.1) is 11.8 Å². The van der Waals surface area contributed by atoms with Crippen molar-refractivity contribution in [2.45, 2.75) is 12.6 Å². The van der Waals surface area contributed by atoms with E-state index in [1.54, 1.807) is 24.1 Å². The molecular formula is C10H14N4O3S. The lowest BCUT2D eigenvalue weighted by Gasteiger charge is -2.20. The van der Waals surface area contributed by atoms with E-state index in [2.05, 4.69) is 10.4 Å². The van der Waals surface area contributed by atoms with Crippen molar-refractivity contribution >= 4 is 23.8 Å². The van der Waals surface area contributed by atoms with Crippen LogP contribution < -0.4 is 5.32 Å². The zero-order chi connectivity index (χ0) is 13.1. The third kappa shape index (κ3) is 2.76. The first-order valence-corrected chi connectivity index (χ1v) is 6.56. The van der Waals surface area contributed by atoms with Crippen LogP contribution in [-0.4, -0.2) is 49.5 Å². The maximum Gasteiger partial charge on any atom is 0.327 e. The minimum absolute atomic E-state index is 0.347. The van der Waals surface area contributed by atoms with E-state index in [1.807, 2.05) is 0 Å². The predicted octanol–water partition coefficient (Wildman–Crippen LogP) is 0.0892. The first kappa shape index (κ1) is 12.7. The second kappa shape index (κ2) is 5.30. The van der Waals surface area contributed by atoms with Crippen LogP contribution in [-0.2, 0) is 18.4 Å². The van der Waals surface area contributed by atoms with Crippen molar-refractivity contribution in [1.82, 2.24) is 20.0 Å². The van der Waals surface area contributed by atoms with E-state index in [4.69, 9.17) is 5.11 Å². The fraction of sp³-hybridized carbons (Fsp3) is 0.500. The summed E-state index contributed by atoms with van der Waals surface area (Å²) < 4.78 is 1.65. The number of thioether (sulfide) groups is 1. The molecule has 0 aliphatic carbocycles. The maximum atomic E-state index is 11.9. The molecule has 8 heteroatoms. The van der Waals surface area contributed by atoms with Crippen LogP contribution in [0.3, 0.4) is 0 Å². The normalized spacial score (nSPS) is 18.9. The highest BCUT2D eigenvalue weighted by Crippen LogP contribution is 2.20. The molecule has 0 unspecified atom stereocenters. The van der Waals surface area contributed by atoms with Crippen LogP contribution >= 0.6 is 11.8 Å². The quantitative estimate of drug-likeness (QED) is 0.812. The monoisotopic (exact) mass is 270 g/mol. The van der Waals surface area contributed by atoms with Gasteiger partial charge in [-0.3, -0.25) is 4.68 Å². The molecule has 2 rings (SSSR count). The molecule has 0 aromatic carbocycles. The Morgan fingerprint density at radius 1 is 1.67 bits per heavy atom. The summed E-state index contributed by atoms with van der Waals surface area (Å²) in [5.74, 6) is -0.109. The minimum Gasteiger partial charge on any atom is -0.480 e. The van der Waals surface area contributed by atoms with Crippen molar-refractivity contribution in [2.24, 2.45) is 7.05 Å². The van der Waals surface area contributed by atoms with E-state index >= 15 is 0 Å². The van der Waals surface area contributed by atoms with E-state index in [0.717, 1.165) is 5.56 Å². The van der Waals surface area contributed by atoms with Crippen molar-refractivity contribution in [3.8, 4) is 0 Å². The molecule has 2 heterocycles. The smallest absolute Gasteiger partial charge is 0.327 e. The van der Waals surface area contributed by atoms with E-state index in [9.17, 15) is 9.59 Å². The number of carbonyl (C=O) groups excluding carboxylic acids is 1. The number of nitrogens with one attached hydrogen (secondary N) is 1. The Morgan fingerprint density at radius 2 is 2.44 bits per heavy atom. The average Bonchev–Trinajstić information content (AvgIpc) is 2.94. The number of hydrogen-bond acceptors (Lipinski definition) is 4. The molecule has 7 nitrogen and oxygen atoms in total. The standard InChI is InChI=1S/C10H14N4O3S/c1-13-4-7(3-12-13)2-11-10(17)14-6-18-5-8(14)9(15)16/h3-4,8H,2,5-6H2,1H3,(H,11,17)(H,15,16)/t8-/m1/s1. The number of aliphatic carboxylic acids is 1. The molecule has 1 aliphatic heterocycles. The molecule has 18 heavy (non-hydrogen) atoms. The van der Waals surface area contributed by atoms with E-state index < -0.39 is 12.0 Å². The first-order valence-electron chi connectivity index (χ1n) is 5.40. The number of amides is 2. The summed E-state index contributed by atoms with van der Waals surface area (Å²) >= 11 is 1.44.